The van der Waals surface area contributed by atoms with Crippen LogP contribution in [-0.4, -0.2) is 102 Å². The number of aliphatic hydroxyl groups is 6. The van der Waals surface area contributed by atoms with Gasteiger partial charge in [0.25, 0.3) is 0 Å². The Kier molecular flexibility index (Phi) is 28.0. The zero-order valence-corrected chi connectivity index (χ0v) is 33.8. The SMILES string of the molecule is CCCCCCCCCCCCCCCCc1cn([C@@H](CO[C@H]2O[C@H](CO)[C@H](O)[C@H](O)[C@H]2O)[C@H](O)[C@H](O)CCCCCCCCCCCCCC)nn1. The van der Waals surface area contributed by atoms with Crippen LogP contribution in [0.2, 0.25) is 0 Å². The lowest BCUT2D eigenvalue weighted by Crippen LogP contribution is -2.59. The second-order valence-corrected chi connectivity index (χ2v) is 15.9. The zero-order chi connectivity index (χ0) is 38.5. The highest BCUT2D eigenvalue weighted by atomic mass is 16.7. The van der Waals surface area contributed by atoms with Gasteiger partial charge >= 0.3 is 0 Å². The number of rotatable bonds is 35. The van der Waals surface area contributed by atoms with E-state index in [2.05, 4.69) is 24.2 Å². The van der Waals surface area contributed by atoms with Crippen molar-refractivity contribution in [1.82, 2.24) is 15.0 Å². The fourth-order valence-electron chi connectivity index (χ4n) is 7.44. The van der Waals surface area contributed by atoms with Crippen LogP contribution in [0.1, 0.15) is 199 Å². The number of aliphatic hydroxyl groups excluding tert-OH is 6. The van der Waals surface area contributed by atoms with Crippen molar-refractivity contribution in [2.75, 3.05) is 13.2 Å². The Hall–Kier alpha value is -1.18. The van der Waals surface area contributed by atoms with E-state index < -0.39 is 55.6 Å². The van der Waals surface area contributed by atoms with Crippen LogP contribution in [-0.2, 0) is 15.9 Å². The molecule has 1 aromatic heterocycles. The third kappa shape index (κ3) is 20.5. The van der Waals surface area contributed by atoms with Crippen LogP contribution in [0.3, 0.4) is 0 Å². The summed E-state index contributed by atoms with van der Waals surface area (Å²) >= 11 is 0. The summed E-state index contributed by atoms with van der Waals surface area (Å²) in [5.74, 6) is 0. The van der Waals surface area contributed by atoms with Gasteiger partial charge in [-0.2, -0.15) is 0 Å². The van der Waals surface area contributed by atoms with Crippen molar-refractivity contribution in [3.63, 3.8) is 0 Å². The first kappa shape index (κ1) is 48.0. The van der Waals surface area contributed by atoms with Gasteiger partial charge in [0.2, 0.25) is 0 Å². The van der Waals surface area contributed by atoms with Crippen molar-refractivity contribution in [3.05, 3.63) is 11.9 Å². The molecule has 2 rings (SSSR count). The first-order valence-electron chi connectivity index (χ1n) is 22.0. The molecule has 0 saturated carbocycles. The maximum absolute atomic E-state index is 11.4. The Bertz CT molecular complexity index is 969. The molecule has 0 spiro atoms. The molecule has 0 aromatic carbocycles. The first-order valence-corrected chi connectivity index (χ1v) is 22.0. The van der Waals surface area contributed by atoms with Crippen LogP contribution in [0.25, 0.3) is 0 Å². The van der Waals surface area contributed by atoms with Gasteiger partial charge in [0, 0.05) is 6.20 Å². The van der Waals surface area contributed by atoms with Crippen molar-refractivity contribution < 1.29 is 40.1 Å². The summed E-state index contributed by atoms with van der Waals surface area (Å²) in [5, 5.41) is 71.5. The Morgan fingerprint density at radius 2 is 1.09 bits per heavy atom. The Morgan fingerprint density at radius 3 is 1.57 bits per heavy atom. The molecular weight excluding hydrogens is 674 g/mol. The van der Waals surface area contributed by atoms with Crippen LogP contribution < -0.4 is 0 Å². The van der Waals surface area contributed by atoms with E-state index in [0.717, 1.165) is 44.2 Å². The van der Waals surface area contributed by atoms with E-state index in [-0.39, 0.29) is 6.61 Å². The Balaban J connectivity index is 1.79. The van der Waals surface area contributed by atoms with Gasteiger partial charge in [0.05, 0.1) is 25.0 Å². The zero-order valence-electron chi connectivity index (χ0n) is 33.8. The monoisotopic (exact) mass is 756 g/mol. The predicted molar refractivity (Wildman–Crippen MR) is 211 cm³/mol. The summed E-state index contributed by atoms with van der Waals surface area (Å²) in [4.78, 5) is 0. The molecule has 0 unspecified atom stereocenters. The van der Waals surface area contributed by atoms with E-state index in [0.29, 0.717) is 6.42 Å². The molecule has 11 heteroatoms. The molecule has 0 amide bonds. The lowest BCUT2D eigenvalue weighted by molar-refractivity contribution is -0.304. The van der Waals surface area contributed by atoms with Crippen molar-refractivity contribution in [1.29, 1.82) is 0 Å². The number of aryl methyl sites for hydroxylation is 1. The van der Waals surface area contributed by atoms with Gasteiger partial charge in [-0.05, 0) is 19.3 Å². The second kappa shape index (κ2) is 31.0. The average molecular weight is 756 g/mol. The molecule has 2 heterocycles. The molecule has 0 radical (unpaired) electrons. The molecule has 1 aliphatic rings. The number of unbranched alkanes of at least 4 members (excludes halogenated alkanes) is 24. The van der Waals surface area contributed by atoms with Gasteiger partial charge in [0.1, 0.15) is 36.6 Å². The van der Waals surface area contributed by atoms with E-state index in [1.54, 1.807) is 6.20 Å². The number of nitrogens with zero attached hydrogens (tertiary/aromatic N) is 3. The molecule has 1 aromatic rings. The summed E-state index contributed by atoms with van der Waals surface area (Å²) in [5.41, 5.74) is 0.796. The molecule has 53 heavy (non-hydrogen) atoms. The van der Waals surface area contributed by atoms with Crippen molar-refractivity contribution in [3.8, 4) is 0 Å². The largest absolute Gasteiger partial charge is 0.394 e. The van der Waals surface area contributed by atoms with Crippen LogP contribution >= 0.6 is 0 Å². The van der Waals surface area contributed by atoms with E-state index >= 15 is 0 Å². The maximum atomic E-state index is 11.4. The maximum Gasteiger partial charge on any atom is 0.186 e. The van der Waals surface area contributed by atoms with Gasteiger partial charge < -0.3 is 40.1 Å². The fourth-order valence-corrected chi connectivity index (χ4v) is 7.44. The number of aromatic nitrogens is 3. The van der Waals surface area contributed by atoms with Crippen LogP contribution in [0, 0.1) is 0 Å². The van der Waals surface area contributed by atoms with E-state index in [4.69, 9.17) is 9.47 Å². The minimum absolute atomic E-state index is 0.207. The molecule has 1 saturated heterocycles. The molecule has 1 fully saturated rings. The third-order valence-corrected chi connectivity index (χ3v) is 11.1. The van der Waals surface area contributed by atoms with Crippen LogP contribution in [0.15, 0.2) is 6.20 Å². The summed E-state index contributed by atoms with van der Waals surface area (Å²) in [6.45, 7) is 3.73. The first-order chi connectivity index (χ1) is 25.8. The Morgan fingerprint density at radius 1 is 0.642 bits per heavy atom. The summed E-state index contributed by atoms with van der Waals surface area (Å²) in [6, 6.07) is -0.840. The lowest BCUT2D eigenvalue weighted by atomic mass is 9.98. The quantitative estimate of drug-likeness (QED) is 0.0382. The normalized spacial score (nSPS) is 22.3. The molecule has 11 nitrogen and oxygen atoms in total. The highest BCUT2D eigenvalue weighted by Crippen LogP contribution is 2.26. The van der Waals surface area contributed by atoms with Crippen LogP contribution in [0.5, 0.6) is 0 Å². The molecule has 0 aliphatic carbocycles. The number of ether oxygens (including phenoxy) is 2. The second-order valence-electron chi connectivity index (χ2n) is 15.9. The van der Waals surface area contributed by atoms with Gasteiger partial charge in [-0.15, -0.1) is 5.10 Å². The van der Waals surface area contributed by atoms with Crippen molar-refractivity contribution in [2.45, 2.75) is 243 Å². The molecule has 312 valence electrons. The van der Waals surface area contributed by atoms with Crippen LogP contribution in [0.4, 0.5) is 0 Å². The highest BCUT2D eigenvalue weighted by molar-refractivity contribution is 4.96. The fraction of sp³-hybridized carbons (Fsp3) is 0.952. The van der Waals surface area contributed by atoms with E-state index in [1.165, 1.54) is 140 Å². The average Bonchev–Trinajstić information content (AvgIpc) is 3.63. The number of hydrogen-bond acceptors (Lipinski definition) is 10. The minimum Gasteiger partial charge on any atom is -0.394 e. The molecule has 0 bridgehead atoms. The molecular formula is C42H81N3O8. The minimum atomic E-state index is -1.58. The van der Waals surface area contributed by atoms with Gasteiger partial charge in [-0.25, -0.2) is 4.68 Å². The van der Waals surface area contributed by atoms with Gasteiger partial charge in [0.15, 0.2) is 6.29 Å². The number of hydrogen-bond donors (Lipinski definition) is 6. The summed E-state index contributed by atoms with van der Waals surface area (Å²) in [7, 11) is 0. The molecule has 1 aliphatic heterocycles. The van der Waals surface area contributed by atoms with Gasteiger partial charge in [-0.1, -0.05) is 180 Å². The third-order valence-electron chi connectivity index (χ3n) is 11.1. The molecule has 8 atom stereocenters. The van der Waals surface area contributed by atoms with Crippen molar-refractivity contribution >= 4 is 0 Å². The smallest absolute Gasteiger partial charge is 0.186 e. The lowest BCUT2D eigenvalue weighted by Gasteiger charge is -2.40. The predicted octanol–water partition coefficient (Wildman–Crippen LogP) is 7.47. The molecule has 6 N–H and O–H groups in total. The van der Waals surface area contributed by atoms with E-state index in [9.17, 15) is 30.6 Å². The summed E-state index contributed by atoms with van der Waals surface area (Å²) < 4.78 is 12.9. The van der Waals surface area contributed by atoms with E-state index in [1.807, 2.05) is 0 Å². The summed E-state index contributed by atoms with van der Waals surface area (Å²) in [6.07, 6.45) is 26.2. The van der Waals surface area contributed by atoms with Crippen molar-refractivity contribution in [2.24, 2.45) is 0 Å². The Labute approximate surface area is 322 Å². The standard InChI is InChI=1S/C42H81N3O8/c1-3-5-7-9-11-13-15-17-18-19-21-23-25-27-29-34-31-45(44-43-34)35(33-52-42-41(51)40(50)39(49)37(32-46)53-42)38(48)36(47)30-28-26-24-22-20-16-14-12-10-8-6-4-2/h31,35-42,46-51H,3-30,32-33H2,1-2H3/t35-,36+,37+,38-,39-,40-,41+,42-/m0/s1. The topological polar surface area (TPSA) is 171 Å². The van der Waals surface area contributed by atoms with Gasteiger partial charge in [-0.3, -0.25) is 0 Å². The highest BCUT2D eigenvalue weighted by Gasteiger charge is 2.44.